The number of carbonyl (C=O) groups is 1. The van der Waals surface area contributed by atoms with Gasteiger partial charge in [0, 0.05) is 10.4 Å². The predicted molar refractivity (Wildman–Crippen MR) is 81.8 cm³/mol. The molecular weight excluding hydrogens is 302 g/mol. The Bertz CT molecular complexity index is 452. The molecule has 0 saturated carbocycles. The summed E-state index contributed by atoms with van der Waals surface area (Å²) in [6.45, 7) is 2.10. The van der Waals surface area contributed by atoms with E-state index in [0.717, 1.165) is 30.2 Å². The third kappa shape index (κ3) is 3.93. The minimum atomic E-state index is 0.117. The Morgan fingerprint density at radius 1 is 1.37 bits per heavy atom. The van der Waals surface area contributed by atoms with Crippen molar-refractivity contribution in [2.45, 2.75) is 38.6 Å². The van der Waals surface area contributed by atoms with Crippen molar-refractivity contribution in [3.63, 3.8) is 0 Å². The molecule has 1 aromatic rings. The zero-order chi connectivity index (χ0) is 13.7. The lowest BCUT2D eigenvalue weighted by Crippen LogP contribution is -2.34. The Balaban J connectivity index is 2.00. The zero-order valence-corrected chi connectivity index (χ0v) is 12.8. The molecule has 0 saturated heterocycles. The average molecular weight is 322 g/mol. The van der Waals surface area contributed by atoms with Crippen molar-refractivity contribution in [1.29, 1.82) is 0 Å². The Morgan fingerprint density at radius 2 is 2.11 bits per heavy atom. The van der Waals surface area contributed by atoms with Crippen LogP contribution in [0.2, 0.25) is 0 Å². The van der Waals surface area contributed by atoms with Gasteiger partial charge in [-0.05, 0) is 43.4 Å². The smallest absolute Gasteiger partial charge is 0.223 e. The second kappa shape index (κ2) is 6.90. The second-order valence-corrected chi connectivity index (χ2v) is 5.92. The van der Waals surface area contributed by atoms with Crippen LogP contribution in [0.1, 0.15) is 44.2 Å². The van der Waals surface area contributed by atoms with E-state index >= 15 is 0 Å². The molecular formula is C16H20BrNO. The van der Waals surface area contributed by atoms with Crippen LogP contribution < -0.4 is 5.32 Å². The number of carbonyl (C=O) groups excluding carboxylic acids is 1. The van der Waals surface area contributed by atoms with E-state index in [1.165, 1.54) is 5.56 Å². The summed E-state index contributed by atoms with van der Waals surface area (Å²) in [7, 11) is 0. The van der Waals surface area contributed by atoms with Gasteiger partial charge >= 0.3 is 0 Å². The fraction of sp³-hybridized carbons (Fsp3) is 0.438. The lowest BCUT2D eigenvalue weighted by atomic mass is 9.93. The number of nitrogens with one attached hydrogen (secondary N) is 1. The highest BCUT2D eigenvalue weighted by Gasteiger charge is 2.21. The minimum Gasteiger partial charge on any atom is -0.349 e. The summed E-state index contributed by atoms with van der Waals surface area (Å²) < 4.78 is 1.06. The fourth-order valence-corrected chi connectivity index (χ4v) is 2.70. The van der Waals surface area contributed by atoms with Crippen LogP contribution in [0.15, 0.2) is 40.9 Å². The Labute approximate surface area is 123 Å². The van der Waals surface area contributed by atoms with Crippen LogP contribution >= 0.6 is 15.9 Å². The fourth-order valence-electron chi connectivity index (χ4n) is 2.44. The van der Waals surface area contributed by atoms with Crippen molar-refractivity contribution < 1.29 is 4.79 Å². The van der Waals surface area contributed by atoms with Gasteiger partial charge in [0.05, 0.1) is 6.04 Å². The standard InChI is InChI=1S/C16H20BrNO/c1-2-15(12-8-10-14(17)11-9-12)18-16(19)13-6-4-3-5-7-13/h3-4,8-11,13,15H,2,5-7H2,1H3,(H,18,19). The number of halogens is 1. The van der Waals surface area contributed by atoms with Crippen LogP contribution in [0.3, 0.4) is 0 Å². The van der Waals surface area contributed by atoms with Crippen molar-refractivity contribution in [3.05, 3.63) is 46.5 Å². The van der Waals surface area contributed by atoms with Crippen LogP contribution in [0.25, 0.3) is 0 Å². The number of rotatable bonds is 4. The van der Waals surface area contributed by atoms with E-state index in [4.69, 9.17) is 0 Å². The van der Waals surface area contributed by atoms with Crippen molar-refractivity contribution in [1.82, 2.24) is 5.32 Å². The molecule has 1 amide bonds. The number of hydrogen-bond acceptors (Lipinski definition) is 1. The summed E-state index contributed by atoms with van der Waals surface area (Å²) >= 11 is 3.43. The van der Waals surface area contributed by atoms with Crippen molar-refractivity contribution in [3.8, 4) is 0 Å². The molecule has 2 nitrogen and oxygen atoms in total. The van der Waals surface area contributed by atoms with Gasteiger partial charge in [-0.25, -0.2) is 0 Å². The molecule has 1 aliphatic carbocycles. The molecule has 0 bridgehead atoms. The van der Waals surface area contributed by atoms with Gasteiger partial charge in [0.1, 0.15) is 0 Å². The summed E-state index contributed by atoms with van der Waals surface area (Å²) in [4.78, 5) is 12.3. The first-order valence-corrected chi connectivity index (χ1v) is 7.71. The van der Waals surface area contributed by atoms with Crippen LogP contribution in [-0.2, 0) is 4.79 Å². The molecule has 1 N–H and O–H groups in total. The molecule has 0 heterocycles. The van der Waals surface area contributed by atoms with Crippen LogP contribution in [0, 0.1) is 5.92 Å². The largest absolute Gasteiger partial charge is 0.349 e. The van der Waals surface area contributed by atoms with Crippen LogP contribution in [0.4, 0.5) is 0 Å². The van der Waals surface area contributed by atoms with Gasteiger partial charge in [-0.1, -0.05) is 47.1 Å². The lowest BCUT2D eigenvalue weighted by molar-refractivity contribution is -0.126. The van der Waals surface area contributed by atoms with Gasteiger partial charge in [-0.15, -0.1) is 0 Å². The van der Waals surface area contributed by atoms with Crippen molar-refractivity contribution in [2.75, 3.05) is 0 Å². The normalized spacial score (nSPS) is 20.0. The third-order valence-corrected chi connectivity index (χ3v) is 4.17. The summed E-state index contributed by atoms with van der Waals surface area (Å²) in [6.07, 6.45) is 8.06. The maximum Gasteiger partial charge on any atom is 0.223 e. The number of amides is 1. The van der Waals surface area contributed by atoms with E-state index in [-0.39, 0.29) is 17.9 Å². The molecule has 0 fully saturated rings. The molecule has 0 spiro atoms. The highest BCUT2D eigenvalue weighted by molar-refractivity contribution is 9.10. The quantitative estimate of drug-likeness (QED) is 0.819. The van der Waals surface area contributed by atoms with Crippen LogP contribution in [0.5, 0.6) is 0 Å². The van der Waals surface area contributed by atoms with Gasteiger partial charge in [0.2, 0.25) is 5.91 Å². The van der Waals surface area contributed by atoms with Gasteiger partial charge in [0.25, 0.3) is 0 Å². The lowest BCUT2D eigenvalue weighted by Gasteiger charge is -2.23. The van der Waals surface area contributed by atoms with E-state index in [2.05, 4.69) is 52.5 Å². The maximum atomic E-state index is 12.3. The molecule has 0 radical (unpaired) electrons. The Kier molecular flexibility index (Phi) is 5.20. The minimum absolute atomic E-state index is 0.117. The molecule has 2 unspecified atom stereocenters. The summed E-state index contributed by atoms with van der Waals surface area (Å²) in [5.41, 5.74) is 1.17. The van der Waals surface area contributed by atoms with Gasteiger partial charge < -0.3 is 5.32 Å². The second-order valence-electron chi connectivity index (χ2n) is 5.00. The number of allylic oxidation sites excluding steroid dienone is 2. The first kappa shape index (κ1) is 14.3. The monoisotopic (exact) mass is 321 g/mol. The molecule has 0 aliphatic heterocycles. The first-order valence-electron chi connectivity index (χ1n) is 6.91. The van der Waals surface area contributed by atoms with E-state index in [1.54, 1.807) is 0 Å². The first-order chi connectivity index (χ1) is 9.20. The van der Waals surface area contributed by atoms with E-state index in [1.807, 2.05) is 12.1 Å². The summed E-state index contributed by atoms with van der Waals surface area (Å²) in [6, 6.07) is 8.30. The van der Waals surface area contributed by atoms with Gasteiger partial charge in [0.15, 0.2) is 0 Å². The Hall–Kier alpha value is -1.09. The van der Waals surface area contributed by atoms with E-state index < -0.39 is 0 Å². The summed E-state index contributed by atoms with van der Waals surface area (Å²) in [5.74, 6) is 0.341. The molecule has 1 aromatic carbocycles. The number of benzene rings is 1. The molecule has 3 heteroatoms. The van der Waals surface area contributed by atoms with Gasteiger partial charge in [-0.3, -0.25) is 4.79 Å². The predicted octanol–water partition coefficient (Wildman–Crippen LogP) is 4.37. The average Bonchev–Trinajstić information content (AvgIpc) is 2.46. The maximum absolute atomic E-state index is 12.3. The molecule has 1 aliphatic rings. The Morgan fingerprint density at radius 3 is 2.68 bits per heavy atom. The number of hydrogen-bond donors (Lipinski definition) is 1. The molecule has 19 heavy (non-hydrogen) atoms. The van der Waals surface area contributed by atoms with Crippen molar-refractivity contribution >= 4 is 21.8 Å². The third-order valence-electron chi connectivity index (χ3n) is 3.64. The SMILES string of the molecule is CCC(NC(=O)C1CC=CCC1)c1ccc(Br)cc1. The molecule has 2 rings (SSSR count). The van der Waals surface area contributed by atoms with E-state index in [0.29, 0.717) is 0 Å². The van der Waals surface area contributed by atoms with E-state index in [9.17, 15) is 4.79 Å². The summed E-state index contributed by atoms with van der Waals surface area (Å²) in [5, 5.41) is 3.18. The van der Waals surface area contributed by atoms with Crippen LogP contribution in [-0.4, -0.2) is 5.91 Å². The highest BCUT2D eigenvalue weighted by atomic mass is 79.9. The molecule has 2 atom stereocenters. The molecule has 102 valence electrons. The van der Waals surface area contributed by atoms with Gasteiger partial charge in [-0.2, -0.15) is 0 Å². The van der Waals surface area contributed by atoms with Crippen molar-refractivity contribution in [2.24, 2.45) is 5.92 Å². The molecule has 0 aromatic heterocycles. The topological polar surface area (TPSA) is 29.1 Å². The zero-order valence-electron chi connectivity index (χ0n) is 11.2. The highest BCUT2D eigenvalue weighted by Crippen LogP contribution is 2.23.